The van der Waals surface area contributed by atoms with Crippen LogP contribution in [0.4, 0.5) is 0 Å². The van der Waals surface area contributed by atoms with Crippen molar-refractivity contribution in [2.45, 2.75) is 25.7 Å². The molecule has 25 heavy (non-hydrogen) atoms. The monoisotopic (exact) mass is 373 g/mol. The van der Waals surface area contributed by atoms with E-state index in [0.717, 1.165) is 11.1 Å². The van der Waals surface area contributed by atoms with Crippen LogP contribution in [0.15, 0.2) is 56.8 Å². The van der Waals surface area contributed by atoms with Crippen molar-refractivity contribution < 1.29 is 13.2 Å². The summed E-state index contributed by atoms with van der Waals surface area (Å²) in [6.45, 7) is 5.52. The number of allylic oxidation sites excluding steroid dienone is 2. The van der Waals surface area contributed by atoms with Gasteiger partial charge < -0.3 is 0 Å². The number of nitrogens with zero attached hydrogens (tertiary/aromatic N) is 1. The first-order valence-corrected chi connectivity index (χ1v) is 9.46. The number of benzene rings is 2. The lowest BCUT2D eigenvalue weighted by molar-refractivity contribution is 0.104. The van der Waals surface area contributed by atoms with E-state index in [-0.39, 0.29) is 21.4 Å². The van der Waals surface area contributed by atoms with Crippen LogP contribution in [0, 0.1) is 20.8 Å². The van der Waals surface area contributed by atoms with Gasteiger partial charge in [-0.3, -0.25) is 4.79 Å². The molecule has 0 saturated carbocycles. The van der Waals surface area contributed by atoms with E-state index in [2.05, 4.69) is 4.40 Å². The van der Waals surface area contributed by atoms with Crippen molar-refractivity contribution in [3.05, 3.63) is 75.3 Å². The summed E-state index contributed by atoms with van der Waals surface area (Å²) in [6, 6.07) is 10.1. The second-order valence-electron chi connectivity index (χ2n) is 6.02. The maximum absolute atomic E-state index is 12.8. The molecule has 6 heteroatoms. The Hall–Kier alpha value is -2.24. The fourth-order valence-electron chi connectivity index (χ4n) is 2.76. The Morgan fingerprint density at radius 2 is 1.52 bits per heavy atom. The van der Waals surface area contributed by atoms with Crippen LogP contribution in [-0.2, 0) is 10.0 Å². The van der Waals surface area contributed by atoms with E-state index in [0.29, 0.717) is 16.7 Å². The van der Waals surface area contributed by atoms with E-state index in [9.17, 15) is 13.2 Å². The predicted octanol–water partition coefficient (Wildman–Crippen LogP) is 4.11. The molecule has 3 rings (SSSR count). The summed E-state index contributed by atoms with van der Waals surface area (Å²) in [5.74, 6) is -0.337. The number of sulfonamides is 1. The summed E-state index contributed by atoms with van der Waals surface area (Å²) < 4.78 is 29.6. The predicted molar refractivity (Wildman–Crippen MR) is 99.1 cm³/mol. The fourth-order valence-corrected chi connectivity index (χ4v) is 4.27. The third-order valence-corrected chi connectivity index (χ3v) is 5.93. The molecule has 0 spiro atoms. The first-order valence-electron chi connectivity index (χ1n) is 7.65. The molecule has 0 amide bonds. The number of rotatable bonds is 2. The van der Waals surface area contributed by atoms with Gasteiger partial charge in [0.25, 0.3) is 10.0 Å². The fraction of sp³-hybridized carbons (Fsp3) is 0.158. The van der Waals surface area contributed by atoms with Gasteiger partial charge in [-0.2, -0.15) is 12.8 Å². The molecule has 2 aromatic rings. The van der Waals surface area contributed by atoms with Gasteiger partial charge in [0.15, 0.2) is 0 Å². The molecule has 128 valence electrons. The van der Waals surface area contributed by atoms with Crippen LogP contribution in [-0.4, -0.2) is 19.9 Å². The molecule has 0 fully saturated rings. The summed E-state index contributed by atoms with van der Waals surface area (Å²) in [7, 11) is -3.94. The van der Waals surface area contributed by atoms with Crippen LogP contribution in [0.1, 0.15) is 32.6 Å². The molecule has 0 unspecified atom stereocenters. The summed E-state index contributed by atoms with van der Waals surface area (Å²) in [6.07, 6.45) is 1.31. The van der Waals surface area contributed by atoms with Crippen LogP contribution in [0.5, 0.6) is 0 Å². The van der Waals surface area contributed by atoms with Gasteiger partial charge in [0.2, 0.25) is 5.78 Å². The smallest absolute Gasteiger partial charge is 0.283 e. The minimum Gasteiger partial charge on any atom is -0.288 e. The van der Waals surface area contributed by atoms with E-state index in [1.165, 1.54) is 6.08 Å². The van der Waals surface area contributed by atoms with Crippen LogP contribution in [0.3, 0.4) is 0 Å². The van der Waals surface area contributed by atoms with Gasteiger partial charge in [0.05, 0.1) is 15.6 Å². The minimum atomic E-state index is -3.94. The highest BCUT2D eigenvalue weighted by Crippen LogP contribution is 2.27. The summed E-state index contributed by atoms with van der Waals surface area (Å²) in [4.78, 5) is 12.3. The SMILES string of the molecule is Cc1cc(C)c(S(=O)(=O)/N=C2/C=C(Cl)C(=O)c3ccccc32)cc1C. The number of hydrogen-bond acceptors (Lipinski definition) is 3. The lowest BCUT2D eigenvalue weighted by atomic mass is 9.94. The van der Waals surface area contributed by atoms with Gasteiger partial charge in [-0.25, -0.2) is 0 Å². The average molecular weight is 374 g/mol. The van der Waals surface area contributed by atoms with Gasteiger partial charge >= 0.3 is 0 Å². The number of ketones is 1. The van der Waals surface area contributed by atoms with Gasteiger partial charge in [-0.1, -0.05) is 41.9 Å². The van der Waals surface area contributed by atoms with Crippen molar-refractivity contribution >= 4 is 33.1 Å². The molecule has 0 saturated heterocycles. The summed E-state index contributed by atoms with van der Waals surface area (Å²) >= 11 is 5.98. The molecular weight excluding hydrogens is 358 g/mol. The molecule has 1 aliphatic carbocycles. The summed E-state index contributed by atoms with van der Waals surface area (Å²) in [5, 5.41) is -0.0514. The van der Waals surface area contributed by atoms with Crippen molar-refractivity contribution in [2.75, 3.05) is 0 Å². The Bertz CT molecular complexity index is 1070. The average Bonchev–Trinajstić information content (AvgIpc) is 2.55. The highest BCUT2D eigenvalue weighted by molar-refractivity contribution is 7.90. The molecular formula is C19H16ClNO3S. The minimum absolute atomic E-state index is 0.0514. The number of halogens is 1. The molecule has 1 aliphatic rings. The van der Waals surface area contributed by atoms with Crippen molar-refractivity contribution in [1.82, 2.24) is 0 Å². The topological polar surface area (TPSA) is 63.6 Å². The lowest BCUT2D eigenvalue weighted by Gasteiger charge is -2.14. The zero-order valence-corrected chi connectivity index (χ0v) is 15.6. The third kappa shape index (κ3) is 3.17. The third-order valence-electron chi connectivity index (χ3n) is 4.22. The Labute approximate surface area is 151 Å². The Morgan fingerprint density at radius 1 is 0.920 bits per heavy atom. The van der Waals surface area contributed by atoms with Crippen molar-refractivity contribution in [3.63, 3.8) is 0 Å². The van der Waals surface area contributed by atoms with Gasteiger partial charge in [0.1, 0.15) is 0 Å². The zero-order valence-electron chi connectivity index (χ0n) is 14.0. The highest BCUT2D eigenvalue weighted by atomic mass is 35.5. The van der Waals surface area contributed by atoms with Crippen LogP contribution in [0.25, 0.3) is 0 Å². The number of Topliss-reactive ketones (excluding diaryl/α,β-unsaturated/α-hetero) is 1. The molecule has 0 heterocycles. The lowest BCUT2D eigenvalue weighted by Crippen LogP contribution is -2.16. The van der Waals surface area contributed by atoms with Gasteiger partial charge in [0, 0.05) is 11.1 Å². The highest BCUT2D eigenvalue weighted by Gasteiger charge is 2.25. The zero-order chi connectivity index (χ0) is 18.4. The molecule has 2 aromatic carbocycles. The Kier molecular flexibility index (Phi) is 4.39. The number of hydrogen-bond donors (Lipinski definition) is 0. The van der Waals surface area contributed by atoms with E-state index in [1.807, 2.05) is 19.9 Å². The van der Waals surface area contributed by atoms with Crippen molar-refractivity contribution in [3.8, 4) is 0 Å². The molecule has 0 aromatic heterocycles. The second kappa shape index (κ2) is 6.24. The number of fused-ring (bicyclic) bond motifs is 1. The molecule has 0 aliphatic heterocycles. The first kappa shape index (κ1) is 17.6. The molecule has 0 bridgehead atoms. The number of carbonyl (C=O) groups excluding carboxylic acids is 1. The van der Waals surface area contributed by atoms with Crippen molar-refractivity contribution in [2.24, 2.45) is 4.40 Å². The first-order chi connectivity index (χ1) is 11.7. The number of carbonyl (C=O) groups is 1. The maximum Gasteiger partial charge on any atom is 0.283 e. The Morgan fingerprint density at radius 3 is 2.20 bits per heavy atom. The van der Waals surface area contributed by atoms with E-state index in [1.54, 1.807) is 37.3 Å². The quantitative estimate of drug-likeness (QED) is 0.795. The van der Waals surface area contributed by atoms with Crippen LogP contribution >= 0.6 is 11.6 Å². The van der Waals surface area contributed by atoms with E-state index >= 15 is 0 Å². The standard InChI is InChI=1S/C19H16ClNO3S/c1-11-8-13(3)18(9-12(11)2)25(23,24)21-17-10-16(20)19(22)15-7-5-4-6-14(15)17/h4-10H,1-3H3/b21-17-. The second-order valence-corrected chi connectivity index (χ2v) is 8.00. The summed E-state index contributed by atoms with van der Waals surface area (Å²) in [5.41, 5.74) is 3.49. The molecule has 4 nitrogen and oxygen atoms in total. The van der Waals surface area contributed by atoms with Crippen LogP contribution < -0.4 is 0 Å². The number of aryl methyl sites for hydroxylation is 3. The van der Waals surface area contributed by atoms with Gasteiger partial charge in [-0.05, 0) is 49.6 Å². The van der Waals surface area contributed by atoms with E-state index < -0.39 is 10.0 Å². The largest absolute Gasteiger partial charge is 0.288 e. The van der Waals surface area contributed by atoms with E-state index in [4.69, 9.17) is 11.6 Å². The molecule has 0 N–H and O–H groups in total. The van der Waals surface area contributed by atoms with Gasteiger partial charge in [-0.15, -0.1) is 0 Å². The van der Waals surface area contributed by atoms with Crippen LogP contribution in [0.2, 0.25) is 0 Å². The molecule has 0 atom stereocenters. The molecule has 0 radical (unpaired) electrons. The normalized spacial score (nSPS) is 15.9. The van der Waals surface area contributed by atoms with Crippen molar-refractivity contribution in [1.29, 1.82) is 0 Å². The Balaban J connectivity index is 2.20. The maximum atomic E-state index is 12.8.